The summed E-state index contributed by atoms with van der Waals surface area (Å²) in [7, 11) is -8.10. The second-order valence-electron chi connectivity index (χ2n) is 7.01. The summed E-state index contributed by atoms with van der Waals surface area (Å²) in [5.74, 6) is -2.06. The molecule has 0 amide bonds. The Kier molecular flexibility index (Phi) is 6.25. The summed E-state index contributed by atoms with van der Waals surface area (Å²) in [5, 5.41) is 0. The zero-order chi connectivity index (χ0) is 21.2. The highest BCUT2D eigenvalue weighted by molar-refractivity contribution is 7.92. The van der Waals surface area contributed by atoms with Crippen LogP contribution in [0.3, 0.4) is 0 Å². The molecule has 1 aliphatic heterocycles. The van der Waals surface area contributed by atoms with Gasteiger partial charge in [0.1, 0.15) is 11.6 Å². The van der Waals surface area contributed by atoms with Crippen molar-refractivity contribution in [3.63, 3.8) is 0 Å². The van der Waals surface area contributed by atoms with Gasteiger partial charge in [-0.1, -0.05) is 18.9 Å². The van der Waals surface area contributed by atoms with Gasteiger partial charge in [-0.05, 0) is 49.6 Å². The van der Waals surface area contributed by atoms with Gasteiger partial charge in [-0.15, -0.1) is 0 Å². The maximum atomic E-state index is 13.4. The van der Waals surface area contributed by atoms with Gasteiger partial charge in [-0.3, -0.25) is 4.72 Å². The Hall–Kier alpha value is -2.04. The van der Waals surface area contributed by atoms with Crippen LogP contribution in [0, 0.1) is 18.6 Å². The molecule has 29 heavy (non-hydrogen) atoms. The molecule has 1 N–H and O–H groups in total. The molecule has 0 bridgehead atoms. The monoisotopic (exact) mass is 444 g/mol. The van der Waals surface area contributed by atoms with Crippen molar-refractivity contribution in [2.24, 2.45) is 0 Å². The first-order chi connectivity index (χ1) is 13.6. The van der Waals surface area contributed by atoms with Gasteiger partial charge in [-0.2, -0.15) is 4.31 Å². The van der Waals surface area contributed by atoms with Crippen molar-refractivity contribution in [2.75, 3.05) is 17.8 Å². The fraction of sp³-hybridized carbons (Fsp3) is 0.368. The number of hydrogen-bond donors (Lipinski definition) is 1. The van der Waals surface area contributed by atoms with Gasteiger partial charge in [0.25, 0.3) is 10.0 Å². The van der Waals surface area contributed by atoms with Crippen LogP contribution in [0.1, 0.15) is 31.2 Å². The van der Waals surface area contributed by atoms with E-state index >= 15 is 0 Å². The van der Waals surface area contributed by atoms with Crippen molar-refractivity contribution in [3.8, 4) is 0 Å². The minimum absolute atomic E-state index is 0.00465. The summed E-state index contributed by atoms with van der Waals surface area (Å²) in [6.45, 7) is 2.46. The highest BCUT2D eigenvalue weighted by Crippen LogP contribution is 2.27. The molecule has 2 aromatic rings. The number of nitrogens with zero attached hydrogens (tertiary/aromatic N) is 1. The number of hydrogen-bond acceptors (Lipinski definition) is 4. The predicted molar refractivity (Wildman–Crippen MR) is 106 cm³/mol. The molecule has 0 spiro atoms. The molecule has 1 aliphatic rings. The van der Waals surface area contributed by atoms with E-state index in [1.54, 1.807) is 6.92 Å². The Bertz CT molecular complexity index is 1090. The smallest absolute Gasteiger partial charge is 0.262 e. The standard InChI is InChI=1S/C19H22F2N2O4S2/c1-14-6-7-17(22-28(24,25)18-11-15(20)10-16(21)12-18)13-19(14)29(26,27)23-8-4-2-3-5-9-23/h6-7,10-13,22H,2-5,8-9H2,1H3. The first-order valence-corrected chi connectivity index (χ1v) is 12.1. The number of aryl methyl sites for hydroxylation is 1. The summed E-state index contributed by atoms with van der Waals surface area (Å²) in [6, 6.07) is 6.08. The molecule has 158 valence electrons. The van der Waals surface area contributed by atoms with E-state index in [2.05, 4.69) is 4.72 Å². The van der Waals surface area contributed by atoms with Crippen molar-refractivity contribution in [1.29, 1.82) is 0 Å². The van der Waals surface area contributed by atoms with E-state index in [0.29, 0.717) is 36.9 Å². The number of sulfonamides is 2. The Morgan fingerprint density at radius 3 is 2.03 bits per heavy atom. The maximum absolute atomic E-state index is 13.4. The minimum atomic E-state index is -4.30. The zero-order valence-electron chi connectivity index (χ0n) is 15.9. The van der Waals surface area contributed by atoms with Crippen molar-refractivity contribution in [2.45, 2.75) is 42.4 Å². The number of anilines is 1. The fourth-order valence-electron chi connectivity index (χ4n) is 3.26. The van der Waals surface area contributed by atoms with E-state index in [4.69, 9.17) is 0 Å². The molecule has 0 unspecified atom stereocenters. The quantitative estimate of drug-likeness (QED) is 0.763. The average Bonchev–Trinajstić information content (AvgIpc) is 2.92. The van der Waals surface area contributed by atoms with Crippen LogP contribution in [0.4, 0.5) is 14.5 Å². The normalized spacial score (nSPS) is 16.4. The van der Waals surface area contributed by atoms with Crippen LogP contribution in [0.5, 0.6) is 0 Å². The molecule has 0 atom stereocenters. The van der Waals surface area contributed by atoms with Crippen molar-refractivity contribution in [3.05, 3.63) is 53.6 Å². The predicted octanol–water partition coefficient (Wildman–Crippen LogP) is 3.64. The van der Waals surface area contributed by atoms with Gasteiger partial charge in [0.2, 0.25) is 10.0 Å². The lowest BCUT2D eigenvalue weighted by Crippen LogP contribution is -2.32. The number of benzene rings is 2. The number of halogens is 2. The first-order valence-electron chi connectivity index (χ1n) is 9.19. The summed E-state index contributed by atoms with van der Waals surface area (Å²) >= 11 is 0. The third-order valence-electron chi connectivity index (χ3n) is 4.77. The molecule has 10 heteroatoms. The molecule has 1 saturated heterocycles. The van der Waals surface area contributed by atoms with E-state index in [9.17, 15) is 25.6 Å². The first kappa shape index (κ1) is 21.7. The molecule has 0 aliphatic carbocycles. The van der Waals surface area contributed by atoms with E-state index in [0.717, 1.165) is 25.7 Å². The van der Waals surface area contributed by atoms with Crippen LogP contribution in [0.15, 0.2) is 46.2 Å². The third-order valence-corrected chi connectivity index (χ3v) is 8.17. The molecular weight excluding hydrogens is 422 g/mol. The molecule has 1 fully saturated rings. The minimum Gasteiger partial charge on any atom is -0.280 e. The topological polar surface area (TPSA) is 83.5 Å². The Labute approximate surface area is 169 Å². The van der Waals surface area contributed by atoms with Gasteiger partial charge in [0, 0.05) is 19.2 Å². The molecule has 0 radical (unpaired) electrons. The Morgan fingerprint density at radius 2 is 1.45 bits per heavy atom. The van der Waals surface area contributed by atoms with Crippen LogP contribution in [0.2, 0.25) is 0 Å². The van der Waals surface area contributed by atoms with E-state index < -0.39 is 36.6 Å². The SMILES string of the molecule is Cc1ccc(NS(=O)(=O)c2cc(F)cc(F)c2)cc1S(=O)(=O)N1CCCCCC1. The lowest BCUT2D eigenvalue weighted by atomic mass is 10.2. The molecule has 1 heterocycles. The van der Waals surface area contributed by atoms with Crippen LogP contribution >= 0.6 is 0 Å². The second-order valence-corrected chi connectivity index (χ2v) is 10.6. The van der Waals surface area contributed by atoms with Gasteiger partial charge >= 0.3 is 0 Å². The van der Waals surface area contributed by atoms with Crippen molar-refractivity contribution < 1.29 is 25.6 Å². The Balaban J connectivity index is 1.94. The van der Waals surface area contributed by atoms with Gasteiger partial charge < -0.3 is 0 Å². The van der Waals surface area contributed by atoms with Gasteiger partial charge in [0.05, 0.1) is 15.5 Å². The largest absolute Gasteiger partial charge is 0.280 e. The van der Waals surface area contributed by atoms with Crippen LogP contribution in [-0.4, -0.2) is 34.2 Å². The van der Waals surface area contributed by atoms with Gasteiger partial charge in [-0.25, -0.2) is 25.6 Å². The van der Waals surface area contributed by atoms with Crippen LogP contribution in [0.25, 0.3) is 0 Å². The highest BCUT2D eigenvalue weighted by Gasteiger charge is 2.27. The maximum Gasteiger partial charge on any atom is 0.262 e. The number of nitrogens with one attached hydrogen (secondary N) is 1. The molecular formula is C19H22F2N2O4S2. The van der Waals surface area contributed by atoms with E-state index in [1.807, 2.05) is 0 Å². The summed E-state index contributed by atoms with van der Waals surface area (Å²) in [4.78, 5) is -0.586. The fourth-order valence-corrected chi connectivity index (χ4v) is 6.12. The van der Waals surface area contributed by atoms with Crippen molar-refractivity contribution in [1.82, 2.24) is 4.31 Å². The summed E-state index contributed by atoms with van der Waals surface area (Å²) < 4.78 is 81.6. The average molecular weight is 445 g/mol. The molecule has 0 saturated carbocycles. The lowest BCUT2D eigenvalue weighted by Gasteiger charge is -2.21. The summed E-state index contributed by atoms with van der Waals surface area (Å²) in [6.07, 6.45) is 3.48. The van der Waals surface area contributed by atoms with E-state index in [-0.39, 0.29) is 10.6 Å². The Morgan fingerprint density at radius 1 is 0.862 bits per heavy atom. The van der Waals surface area contributed by atoms with Crippen LogP contribution in [-0.2, 0) is 20.0 Å². The zero-order valence-corrected chi connectivity index (χ0v) is 17.5. The van der Waals surface area contributed by atoms with E-state index in [1.165, 1.54) is 22.5 Å². The van der Waals surface area contributed by atoms with Crippen LogP contribution < -0.4 is 4.72 Å². The molecule has 2 aromatic carbocycles. The third kappa shape index (κ3) is 4.93. The highest BCUT2D eigenvalue weighted by atomic mass is 32.2. The molecule has 6 nitrogen and oxygen atoms in total. The summed E-state index contributed by atoms with van der Waals surface area (Å²) in [5.41, 5.74) is 0.475. The molecule has 3 rings (SSSR count). The number of rotatable bonds is 5. The van der Waals surface area contributed by atoms with Crippen molar-refractivity contribution >= 4 is 25.7 Å². The van der Waals surface area contributed by atoms with Gasteiger partial charge in [0.15, 0.2) is 0 Å². The second kappa shape index (κ2) is 8.37. The molecule has 0 aromatic heterocycles. The lowest BCUT2D eigenvalue weighted by molar-refractivity contribution is 0.423.